The number of rotatable bonds is 6. The Balaban J connectivity index is 2.66. The van der Waals surface area contributed by atoms with Crippen LogP contribution < -0.4 is 4.74 Å². The van der Waals surface area contributed by atoms with Crippen LogP contribution >= 0.6 is 15.9 Å². The van der Waals surface area contributed by atoms with Crippen LogP contribution in [0.5, 0.6) is 5.75 Å². The molecular weight excluding hydrogens is 284 g/mol. The number of methoxy groups -OCH3 is 1. The van der Waals surface area contributed by atoms with Gasteiger partial charge >= 0.3 is 0 Å². The van der Waals surface area contributed by atoms with Gasteiger partial charge in [0.2, 0.25) is 0 Å². The fourth-order valence-corrected chi connectivity index (χ4v) is 1.77. The molecule has 0 aliphatic rings. The van der Waals surface area contributed by atoms with Crippen molar-refractivity contribution in [2.75, 3.05) is 13.7 Å². The highest BCUT2D eigenvalue weighted by Crippen LogP contribution is 2.28. The summed E-state index contributed by atoms with van der Waals surface area (Å²) in [4.78, 5) is 10.9. The summed E-state index contributed by atoms with van der Waals surface area (Å²) in [5, 5.41) is 0. The average Bonchev–Trinajstić information content (AvgIpc) is 2.31. The largest absolute Gasteiger partial charge is 0.492 e. The van der Waals surface area contributed by atoms with Crippen LogP contribution in [-0.2, 0) is 4.74 Å². The number of para-hydroxylation sites is 1. The van der Waals surface area contributed by atoms with Crippen LogP contribution in [0.2, 0.25) is 0 Å². The molecule has 0 saturated carbocycles. The van der Waals surface area contributed by atoms with Crippen LogP contribution in [0.3, 0.4) is 0 Å². The first-order valence-corrected chi connectivity index (χ1v) is 6.21. The summed E-state index contributed by atoms with van der Waals surface area (Å²) in [6.45, 7) is 4.50. The number of benzene rings is 1. The molecule has 3 nitrogen and oxygen atoms in total. The van der Waals surface area contributed by atoms with Gasteiger partial charge in [0.05, 0.1) is 22.2 Å². The Morgan fingerprint density at radius 3 is 2.71 bits per heavy atom. The summed E-state index contributed by atoms with van der Waals surface area (Å²) in [6, 6.07) is 5.39. The lowest BCUT2D eigenvalue weighted by atomic mass is 10.1. The minimum absolute atomic E-state index is 0.220. The lowest BCUT2D eigenvalue weighted by Gasteiger charge is -2.23. The number of carbonyl (C=O) groups is 1. The lowest BCUT2D eigenvalue weighted by molar-refractivity contribution is 0.00536. The molecule has 0 saturated heterocycles. The molecular formula is C13H17BrO3. The van der Waals surface area contributed by atoms with E-state index in [4.69, 9.17) is 9.47 Å². The SMILES string of the molecule is COC(C)(C)CCOc1c(Br)cccc1C=O. The molecule has 0 fully saturated rings. The Labute approximate surface area is 110 Å². The molecule has 17 heavy (non-hydrogen) atoms. The molecule has 0 aromatic heterocycles. The molecule has 0 spiro atoms. The van der Waals surface area contributed by atoms with Crippen molar-refractivity contribution in [1.29, 1.82) is 0 Å². The monoisotopic (exact) mass is 300 g/mol. The zero-order chi connectivity index (χ0) is 12.9. The van der Waals surface area contributed by atoms with Gasteiger partial charge in [0.1, 0.15) is 5.75 Å². The molecule has 1 rings (SSSR count). The van der Waals surface area contributed by atoms with Gasteiger partial charge in [-0.05, 0) is 41.9 Å². The average molecular weight is 301 g/mol. The van der Waals surface area contributed by atoms with Gasteiger partial charge in [0, 0.05) is 13.5 Å². The molecule has 0 bridgehead atoms. The first-order valence-electron chi connectivity index (χ1n) is 5.42. The van der Waals surface area contributed by atoms with E-state index >= 15 is 0 Å². The van der Waals surface area contributed by atoms with Gasteiger partial charge in [-0.15, -0.1) is 0 Å². The molecule has 0 unspecified atom stereocenters. The van der Waals surface area contributed by atoms with Crippen LogP contribution in [-0.4, -0.2) is 25.6 Å². The first-order chi connectivity index (χ1) is 8.00. The highest BCUT2D eigenvalue weighted by atomic mass is 79.9. The standard InChI is InChI=1S/C13H17BrO3/c1-13(2,16-3)7-8-17-12-10(9-15)5-4-6-11(12)14/h4-6,9H,7-8H2,1-3H3. The maximum Gasteiger partial charge on any atom is 0.153 e. The molecule has 0 heterocycles. The van der Waals surface area contributed by atoms with Crippen molar-refractivity contribution in [3.05, 3.63) is 28.2 Å². The molecule has 4 heteroatoms. The van der Waals surface area contributed by atoms with E-state index < -0.39 is 0 Å². The molecule has 1 aromatic rings. The van der Waals surface area contributed by atoms with E-state index in [1.165, 1.54) is 0 Å². The third kappa shape index (κ3) is 4.13. The van der Waals surface area contributed by atoms with Gasteiger partial charge < -0.3 is 9.47 Å². The first kappa shape index (κ1) is 14.2. The second-order valence-electron chi connectivity index (χ2n) is 4.34. The molecule has 94 valence electrons. The van der Waals surface area contributed by atoms with Crippen molar-refractivity contribution in [2.45, 2.75) is 25.9 Å². The number of ether oxygens (including phenoxy) is 2. The van der Waals surface area contributed by atoms with Gasteiger partial charge in [-0.2, -0.15) is 0 Å². The summed E-state index contributed by atoms with van der Waals surface area (Å²) in [5.41, 5.74) is 0.331. The predicted octanol–water partition coefficient (Wildman–Crippen LogP) is 3.46. The van der Waals surface area contributed by atoms with Gasteiger partial charge in [0.25, 0.3) is 0 Å². The zero-order valence-corrected chi connectivity index (χ0v) is 11.9. The van der Waals surface area contributed by atoms with E-state index in [1.54, 1.807) is 19.2 Å². The van der Waals surface area contributed by atoms with Crippen molar-refractivity contribution in [3.8, 4) is 5.75 Å². The zero-order valence-electron chi connectivity index (χ0n) is 10.3. The van der Waals surface area contributed by atoms with E-state index in [2.05, 4.69) is 15.9 Å². The number of aldehydes is 1. The highest BCUT2D eigenvalue weighted by Gasteiger charge is 2.17. The summed E-state index contributed by atoms with van der Waals surface area (Å²) < 4.78 is 11.7. The van der Waals surface area contributed by atoms with Gasteiger partial charge in [-0.1, -0.05) is 6.07 Å². The van der Waals surface area contributed by atoms with Crippen LogP contribution in [0.1, 0.15) is 30.6 Å². The topological polar surface area (TPSA) is 35.5 Å². The van der Waals surface area contributed by atoms with E-state index in [1.807, 2.05) is 19.9 Å². The fourth-order valence-electron chi connectivity index (χ4n) is 1.27. The Morgan fingerprint density at radius 1 is 1.41 bits per heavy atom. The van der Waals surface area contributed by atoms with Crippen molar-refractivity contribution in [2.24, 2.45) is 0 Å². The van der Waals surface area contributed by atoms with E-state index in [0.29, 0.717) is 17.9 Å². The van der Waals surface area contributed by atoms with Gasteiger partial charge in [0.15, 0.2) is 6.29 Å². The predicted molar refractivity (Wildman–Crippen MR) is 70.7 cm³/mol. The Kier molecular flexibility index (Phi) is 5.15. The summed E-state index contributed by atoms with van der Waals surface area (Å²) in [7, 11) is 1.68. The van der Waals surface area contributed by atoms with E-state index in [9.17, 15) is 4.79 Å². The van der Waals surface area contributed by atoms with E-state index in [0.717, 1.165) is 17.2 Å². The van der Waals surface area contributed by atoms with Crippen molar-refractivity contribution >= 4 is 22.2 Å². The third-order valence-corrected chi connectivity index (χ3v) is 3.25. The van der Waals surface area contributed by atoms with Gasteiger partial charge in [-0.3, -0.25) is 4.79 Å². The normalized spacial score (nSPS) is 11.3. The highest BCUT2D eigenvalue weighted by molar-refractivity contribution is 9.10. The fraction of sp³-hybridized carbons (Fsp3) is 0.462. The number of hydrogen-bond acceptors (Lipinski definition) is 3. The minimum Gasteiger partial charge on any atom is -0.492 e. The lowest BCUT2D eigenvalue weighted by Crippen LogP contribution is -2.25. The van der Waals surface area contributed by atoms with Crippen LogP contribution in [0.4, 0.5) is 0 Å². The van der Waals surface area contributed by atoms with Crippen LogP contribution in [0.25, 0.3) is 0 Å². The second kappa shape index (κ2) is 6.17. The molecule has 0 aliphatic carbocycles. The summed E-state index contributed by atoms with van der Waals surface area (Å²) in [6.07, 6.45) is 1.55. The third-order valence-electron chi connectivity index (χ3n) is 2.63. The van der Waals surface area contributed by atoms with E-state index in [-0.39, 0.29) is 5.60 Å². The molecule has 0 radical (unpaired) electrons. The quantitative estimate of drug-likeness (QED) is 0.755. The number of carbonyl (C=O) groups excluding carboxylic acids is 1. The molecule has 0 atom stereocenters. The maximum absolute atomic E-state index is 10.9. The molecule has 0 aliphatic heterocycles. The van der Waals surface area contributed by atoms with Gasteiger partial charge in [-0.25, -0.2) is 0 Å². The minimum atomic E-state index is -0.220. The van der Waals surface area contributed by atoms with Crippen molar-refractivity contribution in [1.82, 2.24) is 0 Å². The smallest absolute Gasteiger partial charge is 0.153 e. The van der Waals surface area contributed by atoms with Crippen LogP contribution in [0, 0.1) is 0 Å². The summed E-state index contributed by atoms with van der Waals surface area (Å²) >= 11 is 3.37. The maximum atomic E-state index is 10.9. The number of hydrogen-bond donors (Lipinski definition) is 0. The second-order valence-corrected chi connectivity index (χ2v) is 5.19. The van der Waals surface area contributed by atoms with Crippen molar-refractivity contribution in [3.63, 3.8) is 0 Å². The van der Waals surface area contributed by atoms with Crippen LogP contribution in [0.15, 0.2) is 22.7 Å². The Hall–Kier alpha value is -0.870. The Morgan fingerprint density at radius 2 is 2.12 bits per heavy atom. The molecule has 0 amide bonds. The number of halogens is 1. The Bertz CT molecular complexity index is 388. The molecule has 0 N–H and O–H groups in total. The summed E-state index contributed by atoms with van der Waals surface area (Å²) in [5.74, 6) is 0.592. The van der Waals surface area contributed by atoms with Crippen molar-refractivity contribution < 1.29 is 14.3 Å². The molecule has 1 aromatic carbocycles.